The van der Waals surface area contributed by atoms with Crippen molar-refractivity contribution in [2.24, 2.45) is 0 Å². The molecule has 7 heteroatoms. The second-order valence-electron chi connectivity index (χ2n) is 6.06. The minimum absolute atomic E-state index is 0.0393. The molecule has 1 N–H and O–H groups in total. The Bertz CT molecular complexity index is 798. The van der Waals surface area contributed by atoms with E-state index < -0.39 is 10.0 Å². The maximum absolute atomic E-state index is 12.5. The molecular formula is C16H21N3O3S. The van der Waals surface area contributed by atoms with Gasteiger partial charge in [0, 0.05) is 30.4 Å². The third kappa shape index (κ3) is 3.25. The number of aromatic nitrogens is 2. The van der Waals surface area contributed by atoms with Crippen LogP contribution in [-0.2, 0) is 10.0 Å². The summed E-state index contributed by atoms with van der Waals surface area (Å²) < 4.78 is 34.7. The smallest absolute Gasteiger partial charge is 0.274 e. The van der Waals surface area contributed by atoms with E-state index in [-0.39, 0.29) is 23.2 Å². The first kappa shape index (κ1) is 16.0. The summed E-state index contributed by atoms with van der Waals surface area (Å²) in [6.07, 6.45) is 3.99. The largest absolute Gasteiger partial charge is 0.497 e. The first-order valence-corrected chi connectivity index (χ1v) is 9.10. The first-order valence-electron chi connectivity index (χ1n) is 7.61. The van der Waals surface area contributed by atoms with Crippen LogP contribution in [0.3, 0.4) is 0 Å². The van der Waals surface area contributed by atoms with Gasteiger partial charge in [-0.05, 0) is 38.0 Å². The molecule has 3 rings (SSSR count). The van der Waals surface area contributed by atoms with Crippen LogP contribution in [-0.4, -0.2) is 31.1 Å². The molecule has 2 aromatic rings. The molecule has 0 amide bonds. The number of rotatable bonds is 6. The van der Waals surface area contributed by atoms with Crippen LogP contribution in [0.4, 0.5) is 0 Å². The van der Waals surface area contributed by atoms with Crippen molar-refractivity contribution in [3.8, 4) is 5.75 Å². The van der Waals surface area contributed by atoms with Gasteiger partial charge in [0.2, 0.25) is 5.16 Å². The molecule has 1 aromatic heterocycles. The third-order valence-electron chi connectivity index (χ3n) is 4.05. The van der Waals surface area contributed by atoms with E-state index in [9.17, 15) is 8.42 Å². The van der Waals surface area contributed by atoms with Gasteiger partial charge in [0.15, 0.2) is 0 Å². The maximum atomic E-state index is 12.5. The van der Waals surface area contributed by atoms with Gasteiger partial charge >= 0.3 is 0 Å². The molecule has 0 unspecified atom stereocenters. The van der Waals surface area contributed by atoms with Gasteiger partial charge in [-0.3, -0.25) is 0 Å². The minimum atomic E-state index is -3.62. The van der Waals surface area contributed by atoms with E-state index in [1.165, 1.54) is 6.20 Å². The normalized spacial score (nSPS) is 20.7. The molecule has 2 atom stereocenters. The zero-order valence-corrected chi connectivity index (χ0v) is 14.2. The highest BCUT2D eigenvalue weighted by molar-refractivity contribution is 7.89. The topological polar surface area (TPSA) is 73.2 Å². The summed E-state index contributed by atoms with van der Waals surface area (Å²) in [7, 11) is -1.99. The number of hydrogen-bond acceptors (Lipinski definition) is 4. The number of hydrogen-bond donors (Lipinski definition) is 1. The van der Waals surface area contributed by atoms with Crippen molar-refractivity contribution in [3.63, 3.8) is 0 Å². The Hall–Kier alpha value is -1.86. The van der Waals surface area contributed by atoms with Crippen LogP contribution < -0.4 is 9.46 Å². The highest BCUT2D eigenvalue weighted by Crippen LogP contribution is 2.42. The average Bonchev–Trinajstić information content (AvgIpc) is 3.07. The molecule has 0 bridgehead atoms. The minimum Gasteiger partial charge on any atom is -0.497 e. The van der Waals surface area contributed by atoms with Gasteiger partial charge in [-0.1, -0.05) is 12.1 Å². The number of sulfonamides is 1. The van der Waals surface area contributed by atoms with Crippen LogP contribution in [0.15, 0.2) is 41.8 Å². The number of imidazole rings is 1. The Kier molecular flexibility index (Phi) is 4.16. The number of ether oxygens (including phenoxy) is 1. The van der Waals surface area contributed by atoms with Crippen LogP contribution in [0.5, 0.6) is 5.75 Å². The van der Waals surface area contributed by atoms with Gasteiger partial charge in [0.25, 0.3) is 10.0 Å². The zero-order valence-electron chi connectivity index (χ0n) is 13.4. The Morgan fingerprint density at radius 1 is 1.39 bits per heavy atom. The average molecular weight is 335 g/mol. The van der Waals surface area contributed by atoms with Crippen molar-refractivity contribution < 1.29 is 13.2 Å². The summed E-state index contributed by atoms with van der Waals surface area (Å²) in [5.74, 6) is 0.966. The number of nitrogens with one attached hydrogen (secondary N) is 1. The number of benzene rings is 1. The van der Waals surface area contributed by atoms with Crippen molar-refractivity contribution >= 4 is 10.0 Å². The molecule has 124 valence electrons. The molecule has 1 aliphatic carbocycles. The Morgan fingerprint density at radius 3 is 2.87 bits per heavy atom. The SMILES string of the molecule is COc1cccc([C@@H]2C[C@H]2NS(=O)(=O)c2nccn2C(C)C)c1. The van der Waals surface area contributed by atoms with Crippen molar-refractivity contribution in [2.45, 2.75) is 43.4 Å². The Morgan fingerprint density at radius 2 is 2.17 bits per heavy atom. The monoisotopic (exact) mass is 335 g/mol. The van der Waals surface area contributed by atoms with Gasteiger partial charge in [-0.2, -0.15) is 0 Å². The molecule has 23 heavy (non-hydrogen) atoms. The van der Waals surface area contributed by atoms with Crippen LogP contribution in [0.2, 0.25) is 0 Å². The van der Waals surface area contributed by atoms with Gasteiger partial charge in [0.05, 0.1) is 7.11 Å². The van der Waals surface area contributed by atoms with E-state index in [1.54, 1.807) is 17.9 Å². The quantitative estimate of drug-likeness (QED) is 0.879. The van der Waals surface area contributed by atoms with E-state index in [1.807, 2.05) is 38.1 Å². The van der Waals surface area contributed by atoms with E-state index in [2.05, 4.69) is 9.71 Å². The summed E-state index contributed by atoms with van der Waals surface area (Å²) in [6, 6.07) is 7.69. The third-order valence-corrected chi connectivity index (χ3v) is 5.46. The molecule has 0 radical (unpaired) electrons. The van der Waals surface area contributed by atoms with Crippen LogP contribution >= 0.6 is 0 Å². The number of nitrogens with zero attached hydrogens (tertiary/aromatic N) is 2. The first-order chi connectivity index (χ1) is 10.9. The predicted octanol–water partition coefficient (Wildman–Crippen LogP) is 2.31. The van der Waals surface area contributed by atoms with Crippen LogP contribution in [0, 0.1) is 0 Å². The van der Waals surface area contributed by atoms with Gasteiger partial charge < -0.3 is 9.30 Å². The lowest BCUT2D eigenvalue weighted by molar-refractivity contribution is 0.414. The predicted molar refractivity (Wildman–Crippen MR) is 87.1 cm³/mol. The Labute approximate surface area is 136 Å². The number of methoxy groups -OCH3 is 1. The highest BCUT2D eigenvalue weighted by atomic mass is 32.2. The molecule has 1 heterocycles. The van der Waals surface area contributed by atoms with Crippen molar-refractivity contribution in [1.29, 1.82) is 0 Å². The van der Waals surface area contributed by atoms with Gasteiger partial charge in [-0.25, -0.2) is 18.1 Å². The van der Waals surface area contributed by atoms with E-state index in [0.717, 1.165) is 17.7 Å². The summed E-state index contributed by atoms with van der Waals surface area (Å²) in [5, 5.41) is 0.0730. The molecule has 1 aliphatic rings. The van der Waals surface area contributed by atoms with E-state index in [4.69, 9.17) is 4.74 Å². The second-order valence-corrected chi connectivity index (χ2v) is 7.67. The lowest BCUT2D eigenvalue weighted by atomic mass is 10.1. The molecule has 1 saturated carbocycles. The van der Waals surface area contributed by atoms with Gasteiger partial charge in [0.1, 0.15) is 5.75 Å². The Balaban J connectivity index is 1.74. The molecule has 6 nitrogen and oxygen atoms in total. The molecule has 0 saturated heterocycles. The van der Waals surface area contributed by atoms with Crippen molar-refractivity contribution in [3.05, 3.63) is 42.2 Å². The molecule has 1 aromatic carbocycles. The van der Waals surface area contributed by atoms with Gasteiger partial charge in [-0.15, -0.1) is 0 Å². The molecule has 1 fully saturated rings. The van der Waals surface area contributed by atoms with E-state index >= 15 is 0 Å². The fourth-order valence-corrected chi connectivity index (χ4v) is 4.23. The lowest BCUT2D eigenvalue weighted by Gasteiger charge is -2.12. The maximum Gasteiger partial charge on any atom is 0.274 e. The highest BCUT2D eigenvalue weighted by Gasteiger charge is 2.42. The van der Waals surface area contributed by atoms with E-state index in [0.29, 0.717) is 0 Å². The lowest BCUT2D eigenvalue weighted by Crippen LogP contribution is -2.29. The fraction of sp³-hybridized carbons (Fsp3) is 0.438. The zero-order chi connectivity index (χ0) is 16.6. The molecule has 0 aliphatic heterocycles. The second kappa shape index (κ2) is 5.98. The standard InChI is InChI=1S/C16H21N3O3S/c1-11(2)19-8-7-17-16(19)23(20,21)18-15-10-14(15)12-5-4-6-13(9-12)22-3/h4-9,11,14-15,18H,10H2,1-3H3/t14-,15+/m0/s1. The summed E-state index contributed by atoms with van der Waals surface area (Å²) in [4.78, 5) is 4.01. The summed E-state index contributed by atoms with van der Waals surface area (Å²) in [6.45, 7) is 3.85. The molecule has 0 spiro atoms. The molecular weight excluding hydrogens is 314 g/mol. The summed E-state index contributed by atoms with van der Waals surface area (Å²) in [5.41, 5.74) is 1.09. The fourth-order valence-electron chi connectivity index (χ4n) is 2.72. The van der Waals surface area contributed by atoms with Crippen molar-refractivity contribution in [2.75, 3.05) is 7.11 Å². The van der Waals surface area contributed by atoms with Crippen LogP contribution in [0.1, 0.15) is 37.8 Å². The summed E-state index contributed by atoms with van der Waals surface area (Å²) >= 11 is 0. The van der Waals surface area contributed by atoms with Crippen molar-refractivity contribution in [1.82, 2.24) is 14.3 Å². The van der Waals surface area contributed by atoms with Crippen LogP contribution in [0.25, 0.3) is 0 Å².